The van der Waals surface area contributed by atoms with Crippen molar-refractivity contribution < 1.29 is 19.2 Å². The van der Waals surface area contributed by atoms with Gasteiger partial charge in [-0.25, -0.2) is 0 Å². The average molecular weight is 438 g/mol. The topological polar surface area (TPSA) is 105 Å². The summed E-state index contributed by atoms with van der Waals surface area (Å²) in [4.78, 5) is 39.2. The van der Waals surface area contributed by atoms with Crippen LogP contribution in [0.4, 0.5) is 11.4 Å². The summed E-state index contributed by atoms with van der Waals surface area (Å²) in [6.45, 7) is 4.34. The second-order valence-corrected chi connectivity index (χ2v) is 8.28. The molecule has 2 aromatic carbocycles. The summed E-state index contributed by atoms with van der Waals surface area (Å²) in [5.41, 5.74) is 2.62. The van der Waals surface area contributed by atoms with E-state index in [0.717, 1.165) is 32.5 Å². The highest BCUT2D eigenvalue weighted by molar-refractivity contribution is 6.02. The van der Waals surface area contributed by atoms with E-state index in [4.69, 9.17) is 4.74 Å². The van der Waals surface area contributed by atoms with Crippen molar-refractivity contribution in [1.82, 2.24) is 10.2 Å². The van der Waals surface area contributed by atoms with E-state index >= 15 is 0 Å². The highest BCUT2D eigenvalue weighted by Gasteiger charge is 2.30. The Labute approximate surface area is 186 Å². The number of hydrogen-bond donors (Lipinski definition) is 1. The SMILES string of the molecule is Cc1cccc(CN2CCC(NC(=O)CN3C(=O)COc4ccc([N+](=O)[O-])cc43)CC2)c1. The quantitative estimate of drug-likeness (QED) is 0.549. The summed E-state index contributed by atoms with van der Waals surface area (Å²) in [5, 5.41) is 14.1. The number of non-ortho nitro benzene ring substituents is 1. The van der Waals surface area contributed by atoms with E-state index < -0.39 is 10.8 Å². The van der Waals surface area contributed by atoms with Gasteiger partial charge in [-0.1, -0.05) is 29.8 Å². The van der Waals surface area contributed by atoms with Crippen molar-refractivity contribution in [2.45, 2.75) is 32.4 Å². The van der Waals surface area contributed by atoms with Gasteiger partial charge in [0.1, 0.15) is 12.3 Å². The molecule has 9 heteroatoms. The number of carbonyl (C=O) groups is 2. The third kappa shape index (κ3) is 5.05. The lowest BCUT2D eigenvalue weighted by Crippen LogP contribution is -2.49. The monoisotopic (exact) mass is 438 g/mol. The number of anilines is 1. The summed E-state index contributed by atoms with van der Waals surface area (Å²) in [6.07, 6.45) is 1.66. The number of likely N-dealkylation sites (tertiary alicyclic amines) is 1. The standard InChI is InChI=1S/C23H26N4O5/c1-16-3-2-4-17(11-16)13-25-9-7-18(8-10-25)24-22(28)14-26-20-12-19(27(30)31)5-6-21(20)32-15-23(26)29/h2-6,11-12,18H,7-10,13-15H2,1H3,(H,24,28). The van der Waals surface area contributed by atoms with Crippen LogP contribution in [-0.2, 0) is 16.1 Å². The maximum Gasteiger partial charge on any atom is 0.271 e. The summed E-state index contributed by atoms with van der Waals surface area (Å²) < 4.78 is 5.35. The number of piperidine rings is 1. The number of nitro groups is 1. The lowest BCUT2D eigenvalue weighted by atomic mass is 10.0. The van der Waals surface area contributed by atoms with Crippen LogP contribution in [0.3, 0.4) is 0 Å². The number of rotatable bonds is 6. The molecule has 0 radical (unpaired) electrons. The molecule has 9 nitrogen and oxygen atoms in total. The zero-order valence-electron chi connectivity index (χ0n) is 18.0. The molecule has 0 aromatic heterocycles. The van der Waals surface area contributed by atoms with E-state index in [-0.39, 0.29) is 36.5 Å². The van der Waals surface area contributed by atoms with Crippen LogP contribution < -0.4 is 15.0 Å². The molecule has 2 aliphatic heterocycles. The highest BCUT2D eigenvalue weighted by atomic mass is 16.6. The number of ether oxygens (including phenoxy) is 1. The van der Waals surface area contributed by atoms with Gasteiger partial charge in [-0.15, -0.1) is 0 Å². The van der Waals surface area contributed by atoms with E-state index in [2.05, 4.69) is 41.4 Å². The molecule has 0 saturated carbocycles. The van der Waals surface area contributed by atoms with Gasteiger partial charge in [0.25, 0.3) is 11.6 Å². The van der Waals surface area contributed by atoms with Crippen molar-refractivity contribution in [1.29, 1.82) is 0 Å². The smallest absolute Gasteiger partial charge is 0.271 e. The third-order valence-corrected chi connectivity index (χ3v) is 5.84. The van der Waals surface area contributed by atoms with Gasteiger partial charge in [0.2, 0.25) is 5.91 Å². The Morgan fingerprint density at radius 2 is 2.00 bits per heavy atom. The minimum absolute atomic E-state index is 0.0389. The summed E-state index contributed by atoms with van der Waals surface area (Å²) in [7, 11) is 0. The molecular weight excluding hydrogens is 412 g/mol. The molecule has 1 fully saturated rings. The van der Waals surface area contributed by atoms with Crippen LogP contribution in [0.15, 0.2) is 42.5 Å². The molecule has 4 rings (SSSR count). The van der Waals surface area contributed by atoms with E-state index in [1.165, 1.54) is 34.2 Å². The van der Waals surface area contributed by atoms with E-state index in [1.807, 2.05) is 0 Å². The van der Waals surface area contributed by atoms with Crippen molar-refractivity contribution in [2.24, 2.45) is 0 Å². The second-order valence-electron chi connectivity index (χ2n) is 8.28. The molecule has 0 atom stereocenters. The zero-order chi connectivity index (χ0) is 22.7. The van der Waals surface area contributed by atoms with Crippen LogP contribution in [0.2, 0.25) is 0 Å². The Bertz CT molecular complexity index is 1030. The van der Waals surface area contributed by atoms with Gasteiger partial charge in [0, 0.05) is 37.8 Å². The van der Waals surface area contributed by atoms with Crippen LogP contribution in [-0.4, -0.2) is 53.9 Å². The summed E-state index contributed by atoms with van der Waals surface area (Å²) >= 11 is 0. The molecule has 168 valence electrons. The van der Waals surface area contributed by atoms with Crippen molar-refractivity contribution in [2.75, 3.05) is 31.1 Å². The molecule has 2 amide bonds. The Balaban J connectivity index is 1.32. The molecule has 0 aliphatic carbocycles. The first kappa shape index (κ1) is 21.8. The molecule has 2 heterocycles. The van der Waals surface area contributed by atoms with Gasteiger partial charge in [-0.2, -0.15) is 0 Å². The van der Waals surface area contributed by atoms with Crippen LogP contribution in [0.1, 0.15) is 24.0 Å². The minimum atomic E-state index is -0.540. The first-order valence-electron chi connectivity index (χ1n) is 10.7. The van der Waals surface area contributed by atoms with Gasteiger partial charge in [0.05, 0.1) is 10.6 Å². The molecule has 1 N–H and O–H groups in total. The number of hydrogen-bond acceptors (Lipinski definition) is 6. The van der Waals surface area contributed by atoms with Crippen molar-refractivity contribution in [3.05, 3.63) is 63.7 Å². The fraction of sp³-hybridized carbons (Fsp3) is 0.391. The van der Waals surface area contributed by atoms with E-state index in [9.17, 15) is 19.7 Å². The minimum Gasteiger partial charge on any atom is -0.482 e. The molecule has 0 spiro atoms. The number of aryl methyl sites for hydroxylation is 1. The first-order chi connectivity index (χ1) is 15.4. The Morgan fingerprint density at radius 3 is 2.72 bits per heavy atom. The van der Waals surface area contributed by atoms with Gasteiger partial charge in [-0.3, -0.25) is 29.5 Å². The Morgan fingerprint density at radius 1 is 1.22 bits per heavy atom. The van der Waals surface area contributed by atoms with Crippen LogP contribution in [0.25, 0.3) is 0 Å². The molecule has 2 aliphatic rings. The van der Waals surface area contributed by atoms with Crippen molar-refractivity contribution >= 4 is 23.2 Å². The molecular formula is C23H26N4O5. The highest BCUT2D eigenvalue weighted by Crippen LogP contribution is 2.35. The molecule has 32 heavy (non-hydrogen) atoms. The molecule has 0 bridgehead atoms. The number of nitro benzene ring substituents is 1. The molecule has 1 saturated heterocycles. The van der Waals surface area contributed by atoms with E-state index in [1.54, 1.807) is 0 Å². The van der Waals surface area contributed by atoms with Gasteiger partial charge in [-0.05, 0) is 31.4 Å². The maximum absolute atomic E-state index is 12.7. The summed E-state index contributed by atoms with van der Waals surface area (Å²) in [5.74, 6) is -0.330. The second kappa shape index (κ2) is 9.35. The largest absolute Gasteiger partial charge is 0.482 e. The number of carbonyl (C=O) groups excluding carboxylic acids is 2. The van der Waals surface area contributed by atoms with Gasteiger partial charge in [0.15, 0.2) is 6.61 Å². The predicted molar refractivity (Wildman–Crippen MR) is 119 cm³/mol. The number of fused-ring (bicyclic) bond motifs is 1. The lowest BCUT2D eigenvalue weighted by Gasteiger charge is -2.33. The van der Waals surface area contributed by atoms with Crippen LogP contribution in [0, 0.1) is 17.0 Å². The number of amides is 2. The Hall–Kier alpha value is -3.46. The normalized spacial score (nSPS) is 16.9. The zero-order valence-corrected chi connectivity index (χ0v) is 18.0. The van der Waals surface area contributed by atoms with Gasteiger partial charge >= 0.3 is 0 Å². The number of benzene rings is 2. The fourth-order valence-corrected chi connectivity index (χ4v) is 4.20. The number of nitrogens with one attached hydrogen (secondary N) is 1. The lowest BCUT2D eigenvalue weighted by molar-refractivity contribution is -0.384. The van der Waals surface area contributed by atoms with Crippen LogP contribution in [0.5, 0.6) is 5.75 Å². The van der Waals surface area contributed by atoms with E-state index in [0.29, 0.717) is 5.75 Å². The average Bonchev–Trinajstić information content (AvgIpc) is 2.77. The van der Waals surface area contributed by atoms with Gasteiger partial charge < -0.3 is 10.1 Å². The molecule has 2 aromatic rings. The van der Waals surface area contributed by atoms with Crippen LogP contribution >= 0.6 is 0 Å². The maximum atomic E-state index is 12.7. The third-order valence-electron chi connectivity index (χ3n) is 5.84. The fourth-order valence-electron chi connectivity index (χ4n) is 4.20. The molecule has 0 unspecified atom stereocenters. The van der Waals surface area contributed by atoms with Crippen molar-refractivity contribution in [3.63, 3.8) is 0 Å². The Kier molecular flexibility index (Phi) is 6.36. The first-order valence-corrected chi connectivity index (χ1v) is 10.7. The predicted octanol–water partition coefficient (Wildman–Crippen LogP) is 2.41. The number of nitrogens with zero attached hydrogens (tertiary/aromatic N) is 3. The summed E-state index contributed by atoms with van der Waals surface area (Å²) in [6, 6.07) is 12.5. The van der Waals surface area contributed by atoms with Crippen molar-refractivity contribution in [3.8, 4) is 5.75 Å².